The third-order valence-electron chi connectivity index (χ3n) is 7.08. The molecule has 10 nitrogen and oxygen atoms in total. The highest BCUT2D eigenvalue weighted by atomic mass is 32.2. The highest BCUT2D eigenvalue weighted by Crippen LogP contribution is 2.38. The van der Waals surface area contributed by atoms with E-state index >= 15 is 0 Å². The molecule has 0 atom stereocenters. The lowest BCUT2D eigenvalue weighted by Crippen LogP contribution is -2.47. The molecule has 1 aliphatic rings. The molecule has 0 saturated carbocycles. The highest BCUT2D eigenvalue weighted by Gasteiger charge is 2.40. The molecule has 0 aliphatic carbocycles. The molecule has 0 unspecified atom stereocenters. The van der Waals surface area contributed by atoms with Crippen LogP contribution < -0.4 is 15.8 Å². The van der Waals surface area contributed by atoms with E-state index in [2.05, 4.69) is 21.4 Å². The summed E-state index contributed by atoms with van der Waals surface area (Å²) in [5, 5.41) is 17.9. The molecule has 1 aromatic carbocycles. The van der Waals surface area contributed by atoms with E-state index in [9.17, 15) is 31.6 Å². The van der Waals surface area contributed by atoms with Crippen LogP contribution in [0.1, 0.15) is 30.4 Å². The minimum Gasteiger partial charge on any atom is -0.356 e. The maximum atomic E-state index is 12.9. The highest BCUT2D eigenvalue weighted by molar-refractivity contribution is 7.71. The lowest BCUT2D eigenvalue weighted by Gasteiger charge is -2.41. The van der Waals surface area contributed by atoms with E-state index in [4.69, 9.17) is 5.10 Å². The van der Waals surface area contributed by atoms with E-state index in [0.717, 1.165) is 12.3 Å². The number of fused-ring (bicyclic) bond motifs is 1. The van der Waals surface area contributed by atoms with Crippen molar-refractivity contribution < 1.29 is 21.6 Å². The number of nitriles is 1. The summed E-state index contributed by atoms with van der Waals surface area (Å²) in [6, 6.07) is 13.0. The molecule has 1 aliphatic heterocycles. The van der Waals surface area contributed by atoms with E-state index < -0.39 is 28.0 Å². The fraction of sp³-hybridized carbons (Fsp3) is 0.308. The van der Waals surface area contributed by atoms with Crippen molar-refractivity contribution in [1.29, 1.82) is 5.26 Å². The quantitative estimate of drug-likeness (QED) is 0.284. The molecular formula is C26H24F3N7O3S. The van der Waals surface area contributed by atoms with Crippen LogP contribution >= 0.6 is 0 Å². The van der Waals surface area contributed by atoms with Gasteiger partial charge in [-0.3, -0.25) is 9.48 Å². The Hall–Kier alpha value is -4.38. The van der Waals surface area contributed by atoms with E-state index in [1.807, 2.05) is 4.90 Å². The first-order chi connectivity index (χ1) is 19.1. The molecule has 1 fully saturated rings. The van der Waals surface area contributed by atoms with Gasteiger partial charge in [-0.2, -0.15) is 23.5 Å². The number of nitrogens with one attached hydrogen (secondary N) is 2. The minimum absolute atomic E-state index is 0.0808. The van der Waals surface area contributed by atoms with Crippen molar-refractivity contribution in [2.45, 2.75) is 36.7 Å². The molecule has 4 heterocycles. The zero-order valence-electron chi connectivity index (χ0n) is 21.0. The number of benzene rings is 1. The number of alkyl halides is 3. The summed E-state index contributed by atoms with van der Waals surface area (Å²) in [5.41, 5.74) is -0.218. The van der Waals surface area contributed by atoms with Crippen molar-refractivity contribution in [2.24, 2.45) is 0 Å². The predicted octanol–water partition coefficient (Wildman–Crippen LogP) is 3.90. The van der Waals surface area contributed by atoms with Crippen LogP contribution in [0.5, 0.6) is 0 Å². The Balaban J connectivity index is 1.45. The van der Waals surface area contributed by atoms with Crippen molar-refractivity contribution in [3.05, 3.63) is 76.3 Å². The summed E-state index contributed by atoms with van der Waals surface area (Å²) >= 11 is 0. The second kappa shape index (κ2) is 10.6. The Morgan fingerprint density at radius 1 is 1.10 bits per heavy atom. The van der Waals surface area contributed by atoms with Crippen LogP contribution in [-0.4, -0.2) is 41.3 Å². The van der Waals surface area contributed by atoms with Gasteiger partial charge in [0, 0.05) is 31.2 Å². The van der Waals surface area contributed by atoms with Gasteiger partial charge in [-0.15, -0.1) is 0 Å². The van der Waals surface area contributed by atoms with Crippen molar-refractivity contribution in [2.75, 3.05) is 23.3 Å². The third-order valence-corrected chi connectivity index (χ3v) is 7.71. The molecule has 2 N–H and O–H groups in total. The minimum atomic E-state index is -4.47. The fourth-order valence-corrected chi connectivity index (χ4v) is 5.52. The summed E-state index contributed by atoms with van der Waals surface area (Å²) in [6.45, 7) is 0.827. The second-order valence-corrected chi connectivity index (χ2v) is 10.6. The van der Waals surface area contributed by atoms with Crippen molar-refractivity contribution in [3.63, 3.8) is 0 Å². The van der Waals surface area contributed by atoms with E-state index in [0.29, 0.717) is 53.9 Å². The first-order valence-corrected chi connectivity index (χ1v) is 13.7. The van der Waals surface area contributed by atoms with Gasteiger partial charge in [0.1, 0.15) is 21.9 Å². The van der Waals surface area contributed by atoms with Crippen molar-refractivity contribution in [1.82, 2.24) is 19.7 Å². The summed E-state index contributed by atoms with van der Waals surface area (Å²) in [7, 11) is -2.56. The van der Waals surface area contributed by atoms with Gasteiger partial charge < -0.3 is 15.2 Å². The van der Waals surface area contributed by atoms with E-state index in [1.165, 1.54) is 12.3 Å². The average Bonchev–Trinajstić information content (AvgIpc) is 3.30. The molecule has 5 rings (SSSR count). The second-order valence-electron chi connectivity index (χ2n) is 9.59. The topological polar surface area (TPSA) is 137 Å². The van der Waals surface area contributed by atoms with Gasteiger partial charge in [-0.05, 0) is 48.7 Å². The van der Waals surface area contributed by atoms with Crippen LogP contribution in [0.3, 0.4) is 0 Å². The number of halogens is 3. The van der Waals surface area contributed by atoms with E-state index in [1.54, 1.807) is 35.0 Å². The molecule has 0 amide bonds. The number of hydrogen-bond donors (Lipinski definition) is 3. The third kappa shape index (κ3) is 5.37. The van der Waals surface area contributed by atoms with Crippen LogP contribution in [0, 0.1) is 11.3 Å². The Labute approximate surface area is 228 Å². The van der Waals surface area contributed by atoms with Crippen molar-refractivity contribution >= 4 is 38.9 Å². The number of anilines is 3. The van der Waals surface area contributed by atoms with Crippen LogP contribution in [0.15, 0.2) is 59.7 Å². The number of nitrogens with zero attached hydrogens (tertiary/aromatic N) is 5. The average molecular weight is 572 g/mol. The molecular weight excluding hydrogens is 547 g/mol. The number of aromatic nitrogens is 4. The summed E-state index contributed by atoms with van der Waals surface area (Å²) in [6.07, 6.45) is -1.17. The first kappa shape index (κ1) is 27.2. The molecule has 0 bridgehead atoms. The summed E-state index contributed by atoms with van der Waals surface area (Å²) in [4.78, 5) is 21.4. The zero-order chi connectivity index (χ0) is 28.5. The number of aromatic amines is 1. The largest absolute Gasteiger partial charge is 0.417 e. The molecule has 208 valence electrons. The van der Waals surface area contributed by atoms with Crippen molar-refractivity contribution in [3.8, 4) is 6.07 Å². The number of pyridine rings is 2. The van der Waals surface area contributed by atoms with Gasteiger partial charge in [-0.1, -0.05) is 12.1 Å². The number of rotatable bonds is 7. The number of thiol groups is 1. The molecule has 40 heavy (non-hydrogen) atoms. The molecule has 0 spiro atoms. The lowest BCUT2D eigenvalue weighted by atomic mass is 9.84. The maximum absolute atomic E-state index is 12.9. The molecule has 14 heteroatoms. The number of hydrogen-bond acceptors (Lipinski definition) is 8. The Kier molecular flexibility index (Phi) is 7.24. The fourth-order valence-electron chi connectivity index (χ4n) is 5.01. The SMILES string of the molecule is N#CCC1(n2nc(Nc3ccc(C[SH](=O)=O)cc3)c3c(=O)[nH]ccc32)CCN(c2ccc(C(F)(F)F)cn2)CC1. The van der Waals surface area contributed by atoms with Crippen LogP contribution in [0.2, 0.25) is 0 Å². The zero-order valence-corrected chi connectivity index (χ0v) is 21.9. The van der Waals surface area contributed by atoms with Gasteiger partial charge >= 0.3 is 6.18 Å². The van der Waals surface area contributed by atoms with Crippen LogP contribution in [0.25, 0.3) is 10.9 Å². The molecule has 3 aromatic heterocycles. The normalized spacial score (nSPS) is 15.3. The van der Waals surface area contributed by atoms with Gasteiger partial charge in [0.15, 0.2) is 5.82 Å². The van der Waals surface area contributed by atoms with Crippen LogP contribution in [0.4, 0.5) is 30.5 Å². The monoisotopic (exact) mass is 571 g/mol. The Bertz CT molecular complexity index is 1690. The number of piperidine rings is 1. The maximum Gasteiger partial charge on any atom is 0.417 e. The lowest BCUT2D eigenvalue weighted by molar-refractivity contribution is -0.137. The molecule has 1 saturated heterocycles. The van der Waals surface area contributed by atoms with Gasteiger partial charge in [0.25, 0.3) is 5.56 Å². The van der Waals surface area contributed by atoms with Gasteiger partial charge in [-0.25, -0.2) is 13.4 Å². The predicted molar refractivity (Wildman–Crippen MR) is 143 cm³/mol. The van der Waals surface area contributed by atoms with Crippen LogP contribution in [-0.2, 0) is 28.2 Å². The van der Waals surface area contributed by atoms with Gasteiger partial charge in [0.2, 0.25) is 0 Å². The summed E-state index contributed by atoms with van der Waals surface area (Å²) in [5.74, 6) is 0.610. The van der Waals surface area contributed by atoms with E-state index in [-0.39, 0.29) is 23.6 Å². The Morgan fingerprint density at radius 3 is 2.42 bits per heavy atom. The standard InChI is InChI=1S/C26H24F3N7O3S/c27-26(28,29)18-3-6-21(32-15-18)35-13-9-25(8-11-30,10-14-35)36-20-7-12-31-24(37)22(20)23(34-36)33-19-4-1-17(2-5-19)16-40(38)39/h1-7,12,15,40H,8-10,13-14,16H2,(H,31,37)(H,33,34). The first-order valence-electron chi connectivity index (χ1n) is 12.3. The Morgan fingerprint density at radius 2 is 1.82 bits per heavy atom. The van der Waals surface area contributed by atoms with Gasteiger partial charge in [0.05, 0.1) is 34.9 Å². The number of H-pyrrole nitrogens is 1. The smallest absolute Gasteiger partial charge is 0.356 e. The summed E-state index contributed by atoms with van der Waals surface area (Å²) < 4.78 is 62.6. The molecule has 0 radical (unpaired) electrons. The molecule has 4 aromatic rings.